The van der Waals surface area contributed by atoms with Gasteiger partial charge in [0.2, 0.25) is 0 Å². The molecule has 0 spiro atoms. The van der Waals surface area contributed by atoms with Crippen LogP contribution in [0.2, 0.25) is 0 Å². The molecule has 0 aliphatic carbocycles. The highest BCUT2D eigenvalue weighted by atomic mass is 14.7. The van der Waals surface area contributed by atoms with Gasteiger partial charge in [-0.25, -0.2) is 0 Å². The zero-order valence-corrected chi connectivity index (χ0v) is 11.6. The summed E-state index contributed by atoms with van der Waals surface area (Å²) < 4.78 is 0. The van der Waals surface area contributed by atoms with Gasteiger partial charge in [0.25, 0.3) is 0 Å². The fraction of sp³-hybridized carbons (Fsp3) is 0.111. The van der Waals surface area contributed by atoms with Crippen molar-refractivity contribution in [2.24, 2.45) is 4.99 Å². The van der Waals surface area contributed by atoms with Gasteiger partial charge >= 0.3 is 0 Å². The summed E-state index contributed by atoms with van der Waals surface area (Å²) in [4.78, 5) is 7.73. The molecule has 0 radical (unpaired) electrons. The van der Waals surface area contributed by atoms with Crippen LogP contribution in [0.15, 0.2) is 59.7 Å². The van der Waals surface area contributed by atoms with Gasteiger partial charge in [0, 0.05) is 29.9 Å². The van der Waals surface area contributed by atoms with E-state index in [2.05, 4.69) is 40.4 Å². The van der Waals surface area contributed by atoms with Gasteiger partial charge in [-0.05, 0) is 35.7 Å². The molecule has 0 amide bonds. The van der Waals surface area contributed by atoms with E-state index >= 15 is 0 Å². The first kappa shape index (κ1) is 13.1. The summed E-state index contributed by atoms with van der Waals surface area (Å²) in [7, 11) is 0. The minimum absolute atomic E-state index is 0.672. The monoisotopic (exact) mass is 273 g/mol. The maximum Gasteiger partial charge on any atom is 0.0991 e. The third-order valence-electron chi connectivity index (χ3n) is 3.47. The molecular weight excluding hydrogens is 258 g/mol. The van der Waals surface area contributed by atoms with Crippen molar-refractivity contribution in [2.45, 2.75) is 6.42 Å². The number of para-hydroxylation sites is 1. The second-order valence-electron chi connectivity index (χ2n) is 4.88. The van der Waals surface area contributed by atoms with Gasteiger partial charge in [0.05, 0.1) is 11.6 Å². The van der Waals surface area contributed by atoms with Gasteiger partial charge in [-0.1, -0.05) is 30.3 Å². The number of aromatic amines is 1. The lowest BCUT2D eigenvalue weighted by Crippen LogP contribution is -1.90. The van der Waals surface area contributed by atoms with Crippen LogP contribution in [0.1, 0.15) is 16.7 Å². The Morgan fingerprint density at radius 2 is 1.90 bits per heavy atom. The molecule has 3 aromatic rings. The van der Waals surface area contributed by atoms with Crippen molar-refractivity contribution in [1.82, 2.24) is 4.98 Å². The van der Waals surface area contributed by atoms with E-state index in [4.69, 9.17) is 5.26 Å². The Morgan fingerprint density at radius 3 is 2.71 bits per heavy atom. The number of nitrogens with zero attached hydrogens (tertiary/aromatic N) is 2. The number of nitriles is 1. The molecule has 1 heterocycles. The second-order valence-corrected chi connectivity index (χ2v) is 4.88. The normalized spacial score (nSPS) is 11.0. The number of aromatic nitrogens is 1. The standard InChI is InChI=1S/C18H15N3/c19-11-14-5-7-15(8-6-14)12-20-10-9-16-13-21-18-4-2-1-3-17(16)18/h1-8,12-13,21H,9-10H2. The number of nitrogens with one attached hydrogen (secondary N) is 1. The number of hydrogen-bond donors (Lipinski definition) is 1. The van der Waals surface area contributed by atoms with E-state index in [0.717, 1.165) is 18.5 Å². The van der Waals surface area contributed by atoms with Crippen LogP contribution in [0.5, 0.6) is 0 Å². The Hall–Kier alpha value is -2.86. The second kappa shape index (κ2) is 6.06. The van der Waals surface area contributed by atoms with Crippen molar-refractivity contribution in [3.63, 3.8) is 0 Å². The summed E-state index contributed by atoms with van der Waals surface area (Å²) in [5.41, 5.74) is 4.16. The van der Waals surface area contributed by atoms with Crippen LogP contribution >= 0.6 is 0 Å². The smallest absolute Gasteiger partial charge is 0.0991 e. The van der Waals surface area contributed by atoms with E-state index in [1.54, 1.807) is 12.1 Å². The van der Waals surface area contributed by atoms with E-state index in [-0.39, 0.29) is 0 Å². The van der Waals surface area contributed by atoms with Crippen LogP contribution in [0, 0.1) is 11.3 Å². The van der Waals surface area contributed by atoms with Crippen LogP contribution < -0.4 is 0 Å². The average molecular weight is 273 g/mol. The number of H-pyrrole nitrogens is 1. The zero-order valence-electron chi connectivity index (χ0n) is 11.6. The molecule has 0 fully saturated rings. The topological polar surface area (TPSA) is 51.9 Å². The minimum atomic E-state index is 0.672. The van der Waals surface area contributed by atoms with Crippen LogP contribution in [0.3, 0.4) is 0 Å². The third-order valence-corrected chi connectivity index (χ3v) is 3.47. The molecular formula is C18H15N3. The summed E-state index contributed by atoms with van der Waals surface area (Å²) in [6, 6.07) is 17.8. The van der Waals surface area contributed by atoms with Gasteiger partial charge in [0.1, 0.15) is 0 Å². The SMILES string of the molecule is N#Cc1ccc(C=NCCc2c[nH]c3ccccc23)cc1. The molecule has 3 nitrogen and oxygen atoms in total. The summed E-state index contributed by atoms with van der Waals surface area (Å²) in [6.45, 7) is 0.752. The summed E-state index contributed by atoms with van der Waals surface area (Å²) >= 11 is 0. The lowest BCUT2D eigenvalue weighted by atomic mass is 10.1. The third kappa shape index (κ3) is 3.01. The predicted molar refractivity (Wildman–Crippen MR) is 85.6 cm³/mol. The van der Waals surface area contributed by atoms with Crippen molar-refractivity contribution >= 4 is 17.1 Å². The van der Waals surface area contributed by atoms with Crippen LogP contribution in [-0.4, -0.2) is 17.7 Å². The highest BCUT2D eigenvalue weighted by molar-refractivity contribution is 5.83. The first-order valence-corrected chi connectivity index (χ1v) is 6.92. The minimum Gasteiger partial charge on any atom is -0.361 e. The van der Waals surface area contributed by atoms with Crippen LogP contribution in [0.25, 0.3) is 10.9 Å². The fourth-order valence-corrected chi connectivity index (χ4v) is 2.34. The number of benzene rings is 2. The molecule has 3 rings (SSSR count). The van der Waals surface area contributed by atoms with Gasteiger partial charge in [-0.15, -0.1) is 0 Å². The Balaban J connectivity index is 1.63. The van der Waals surface area contributed by atoms with Crippen molar-refractivity contribution in [3.8, 4) is 6.07 Å². The van der Waals surface area contributed by atoms with Crippen molar-refractivity contribution in [2.75, 3.05) is 6.54 Å². The molecule has 0 atom stereocenters. The van der Waals surface area contributed by atoms with E-state index < -0.39 is 0 Å². The maximum atomic E-state index is 8.75. The van der Waals surface area contributed by atoms with Crippen LogP contribution in [-0.2, 0) is 6.42 Å². The number of fused-ring (bicyclic) bond motifs is 1. The molecule has 3 heteroatoms. The summed E-state index contributed by atoms with van der Waals surface area (Å²) in [6.07, 6.45) is 4.83. The molecule has 21 heavy (non-hydrogen) atoms. The molecule has 0 aliphatic heterocycles. The quantitative estimate of drug-likeness (QED) is 0.724. The first-order valence-electron chi connectivity index (χ1n) is 6.92. The fourth-order valence-electron chi connectivity index (χ4n) is 2.34. The molecule has 1 aromatic heterocycles. The molecule has 0 saturated carbocycles. The lowest BCUT2D eigenvalue weighted by molar-refractivity contribution is 0.981. The Morgan fingerprint density at radius 1 is 1.10 bits per heavy atom. The Labute approximate surface area is 123 Å². The molecule has 0 aliphatic rings. The highest BCUT2D eigenvalue weighted by Gasteiger charge is 2.01. The Kier molecular flexibility index (Phi) is 3.79. The van der Waals surface area contributed by atoms with E-state index in [9.17, 15) is 0 Å². The van der Waals surface area contributed by atoms with E-state index in [1.807, 2.05) is 24.4 Å². The van der Waals surface area contributed by atoms with E-state index in [0.29, 0.717) is 5.56 Å². The Bertz CT molecular complexity index is 804. The molecule has 0 unspecified atom stereocenters. The van der Waals surface area contributed by atoms with Crippen molar-refractivity contribution < 1.29 is 0 Å². The summed E-state index contributed by atoms with van der Waals surface area (Å²) in [5.74, 6) is 0. The van der Waals surface area contributed by atoms with Gasteiger partial charge in [0.15, 0.2) is 0 Å². The largest absolute Gasteiger partial charge is 0.361 e. The van der Waals surface area contributed by atoms with E-state index in [1.165, 1.54) is 16.5 Å². The van der Waals surface area contributed by atoms with Gasteiger partial charge in [-0.3, -0.25) is 4.99 Å². The maximum absolute atomic E-state index is 8.75. The predicted octanol–water partition coefficient (Wildman–Crippen LogP) is 3.70. The highest BCUT2D eigenvalue weighted by Crippen LogP contribution is 2.17. The lowest BCUT2D eigenvalue weighted by Gasteiger charge is -1.96. The molecule has 102 valence electrons. The van der Waals surface area contributed by atoms with Gasteiger partial charge in [-0.2, -0.15) is 5.26 Å². The number of rotatable bonds is 4. The molecule has 2 aromatic carbocycles. The molecule has 1 N–H and O–H groups in total. The molecule has 0 bridgehead atoms. The van der Waals surface area contributed by atoms with Crippen LogP contribution in [0.4, 0.5) is 0 Å². The zero-order chi connectivity index (χ0) is 14.5. The number of hydrogen-bond acceptors (Lipinski definition) is 2. The number of aliphatic imine (C=N–C) groups is 1. The van der Waals surface area contributed by atoms with Gasteiger partial charge < -0.3 is 4.98 Å². The first-order chi connectivity index (χ1) is 10.4. The summed E-state index contributed by atoms with van der Waals surface area (Å²) in [5, 5.41) is 10.0. The molecule has 0 saturated heterocycles. The van der Waals surface area contributed by atoms with Crippen molar-refractivity contribution in [3.05, 3.63) is 71.4 Å². The van der Waals surface area contributed by atoms with Crippen molar-refractivity contribution in [1.29, 1.82) is 5.26 Å². The average Bonchev–Trinajstić information content (AvgIpc) is 2.95.